The summed E-state index contributed by atoms with van der Waals surface area (Å²) in [6.45, 7) is 0.958. The minimum absolute atomic E-state index is 0.262. The molecule has 0 atom stereocenters. The van der Waals surface area contributed by atoms with Crippen LogP contribution in [0.2, 0.25) is 0 Å². The van der Waals surface area contributed by atoms with E-state index in [4.69, 9.17) is 15.2 Å². The molecule has 4 nitrogen and oxygen atoms in total. The lowest BCUT2D eigenvalue weighted by molar-refractivity contribution is -0.0803. The molecule has 0 amide bonds. The van der Waals surface area contributed by atoms with Crippen molar-refractivity contribution in [1.29, 1.82) is 0 Å². The van der Waals surface area contributed by atoms with E-state index >= 15 is 0 Å². The summed E-state index contributed by atoms with van der Waals surface area (Å²) >= 11 is 0. The Labute approximate surface area is 67.3 Å². The van der Waals surface area contributed by atoms with Gasteiger partial charge in [-0.2, -0.15) is 0 Å². The van der Waals surface area contributed by atoms with Gasteiger partial charge >= 0.3 is 0 Å². The lowest BCUT2D eigenvalue weighted by Gasteiger charge is -2.25. The highest BCUT2D eigenvalue weighted by Crippen LogP contribution is 2.09. The molecule has 0 aliphatic carbocycles. The van der Waals surface area contributed by atoms with Crippen molar-refractivity contribution in [3.8, 4) is 0 Å². The molecule has 0 fully saturated rings. The second-order valence-electron chi connectivity index (χ2n) is 2.63. The van der Waals surface area contributed by atoms with Gasteiger partial charge in [0.05, 0.1) is 13.2 Å². The third-order valence-electron chi connectivity index (χ3n) is 1.44. The fourth-order valence-corrected chi connectivity index (χ4v) is 0.992. The minimum Gasteiger partial charge on any atom is -0.385 e. The zero-order valence-corrected chi connectivity index (χ0v) is 7.17. The maximum atomic E-state index is 9.68. The van der Waals surface area contributed by atoms with Crippen molar-refractivity contribution >= 4 is 0 Å². The predicted molar refractivity (Wildman–Crippen MR) is 42.4 cm³/mol. The summed E-state index contributed by atoms with van der Waals surface area (Å²) in [5.74, 6) is 0. The van der Waals surface area contributed by atoms with Gasteiger partial charge in [0.1, 0.15) is 5.60 Å². The largest absolute Gasteiger partial charge is 0.385 e. The van der Waals surface area contributed by atoms with Gasteiger partial charge in [-0.25, -0.2) is 0 Å². The summed E-state index contributed by atoms with van der Waals surface area (Å²) in [5, 5.41) is 9.68. The van der Waals surface area contributed by atoms with Gasteiger partial charge < -0.3 is 20.3 Å². The van der Waals surface area contributed by atoms with E-state index in [9.17, 15) is 5.11 Å². The fraction of sp³-hybridized carbons (Fsp3) is 1.00. The Morgan fingerprint density at radius 3 is 2.00 bits per heavy atom. The molecule has 0 heterocycles. The molecule has 0 aliphatic rings. The lowest BCUT2D eigenvalue weighted by atomic mass is 10.0. The summed E-state index contributed by atoms with van der Waals surface area (Å²) in [6, 6.07) is 0. The number of aliphatic hydroxyl groups is 1. The van der Waals surface area contributed by atoms with E-state index in [1.807, 2.05) is 0 Å². The third-order valence-corrected chi connectivity index (χ3v) is 1.44. The van der Waals surface area contributed by atoms with Crippen LogP contribution in [0.3, 0.4) is 0 Å². The van der Waals surface area contributed by atoms with E-state index in [2.05, 4.69) is 0 Å². The Morgan fingerprint density at radius 1 is 1.27 bits per heavy atom. The van der Waals surface area contributed by atoms with Gasteiger partial charge in [0.2, 0.25) is 0 Å². The quantitative estimate of drug-likeness (QED) is 0.546. The van der Waals surface area contributed by atoms with Gasteiger partial charge in [0.15, 0.2) is 0 Å². The van der Waals surface area contributed by atoms with Gasteiger partial charge in [-0.15, -0.1) is 0 Å². The number of hydrogen-bond acceptors (Lipinski definition) is 4. The highest BCUT2D eigenvalue weighted by molar-refractivity contribution is 4.77. The number of methoxy groups -OCH3 is 2. The topological polar surface area (TPSA) is 64.7 Å². The number of ether oxygens (including phenoxy) is 2. The zero-order valence-electron chi connectivity index (χ0n) is 7.17. The van der Waals surface area contributed by atoms with Crippen molar-refractivity contribution in [3.05, 3.63) is 0 Å². The second-order valence-corrected chi connectivity index (χ2v) is 2.63. The van der Waals surface area contributed by atoms with Crippen molar-refractivity contribution in [2.24, 2.45) is 5.73 Å². The molecular weight excluding hydrogens is 146 g/mol. The average Bonchev–Trinajstić information content (AvgIpc) is 1.88. The van der Waals surface area contributed by atoms with Crippen molar-refractivity contribution in [2.75, 3.05) is 34.0 Å². The number of nitrogens with two attached hydrogens (primary N) is 1. The first kappa shape index (κ1) is 10.8. The van der Waals surface area contributed by atoms with Gasteiger partial charge in [-0.3, -0.25) is 0 Å². The smallest absolute Gasteiger partial charge is 0.112 e. The summed E-state index contributed by atoms with van der Waals surface area (Å²) < 4.78 is 9.65. The molecule has 3 N–H and O–H groups in total. The summed E-state index contributed by atoms with van der Waals surface area (Å²) in [6.07, 6.45) is 0.495. The van der Waals surface area contributed by atoms with Gasteiger partial charge in [-0.05, 0) is 13.0 Å². The zero-order chi connectivity index (χ0) is 8.74. The molecule has 68 valence electrons. The van der Waals surface area contributed by atoms with Crippen LogP contribution in [0.15, 0.2) is 0 Å². The van der Waals surface area contributed by atoms with E-state index in [1.165, 1.54) is 14.2 Å². The van der Waals surface area contributed by atoms with E-state index in [0.29, 0.717) is 13.0 Å². The van der Waals surface area contributed by atoms with Crippen LogP contribution in [0.1, 0.15) is 6.42 Å². The van der Waals surface area contributed by atoms with Gasteiger partial charge in [-0.1, -0.05) is 0 Å². The molecule has 0 aromatic heterocycles. The number of rotatable bonds is 6. The fourth-order valence-electron chi connectivity index (χ4n) is 0.992. The van der Waals surface area contributed by atoms with Crippen LogP contribution in [-0.2, 0) is 9.47 Å². The molecular formula is C7H17NO3. The molecule has 0 unspecified atom stereocenters. The molecule has 0 bridgehead atoms. The standard InChI is InChI=1S/C7H17NO3/c1-10-5-7(9,3-4-8)6-11-2/h9H,3-6,8H2,1-2H3. The normalized spacial score (nSPS) is 12.0. The number of hydrogen-bond donors (Lipinski definition) is 2. The molecule has 0 aromatic rings. The lowest BCUT2D eigenvalue weighted by Crippen LogP contribution is -2.41. The van der Waals surface area contributed by atoms with Crippen LogP contribution >= 0.6 is 0 Å². The Hall–Kier alpha value is -0.160. The van der Waals surface area contributed by atoms with E-state index in [1.54, 1.807) is 0 Å². The Kier molecular flexibility index (Phi) is 5.41. The molecule has 0 spiro atoms. The Balaban J connectivity index is 3.79. The SMILES string of the molecule is COCC(O)(CCN)COC. The van der Waals surface area contributed by atoms with Crippen LogP contribution in [0, 0.1) is 0 Å². The Bertz CT molecular complexity index is 80.7. The summed E-state index contributed by atoms with van der Waals surface area (Å²) in [7, 11) is 3.08. The summed E-state index contributed by atoms with van der Waals surface area (Å²) in [4.78, 5) is 0. The van der Waals surface area contributed by atoms with Crippen molar-refractivity contribution < 1.29 is 14.6 Å². The first-order valence-corrected chi connectivity index (χ1v) is 3.59. The van der Waals surface area contributed by atoms with E-state index in [-0.39, 0.29) is 13.2 Å². The third kappa shape index (κ3) is 4.31. The van der Waals surface area contributed by atoms with Crippen molar-refractivity contribution in [2.45, 2.75) is 12.0 Å². The second kappa shape index (κ2) is 5.49. The van der Waals surface area contributed by atoms with Crippen molar-refractivity contribution in [3.63, 3.8) is 0 Å². The minimum atomic E-state index is -0.918. The van der Waals surface area contributed by atoms with Gasteiger partial charge in [0.25, 0.3) is 0 Å². The molecule has 0 aromatic carbocycles. The molecule has 0 rings (SSSR count). The van der Waals surface area contributed by atoms with Gasteiger partial charge in [0, 0.05) is 14.2 Å². The van der Waals surface area contributed by atoms with E-state index < -0.39 is 5.60 Å². The molecule has 4 heteroatoms. The summed E-state index contributed by atoms with van der Waals surface area (Å²) in [5.41, 5.74) is 4.39. The first-order chi connectivity index (χ1) is 5.18. The van der Waals surface area contributed by atoms with Crippen LogP contribution in [0.4, 0.5) is 0 Å². The van der Waals surface area contributed by atoms with Crippen molar-refractivity contribution in [1.82, 2.24) is 0 Å². The monoisotopic (exact) mass is 163 g/mol. The highest BCUT2D eigenvalue weighted by atomic mass is 16.5. The van der Waals surface area contributed by atoms with E-state index in [0.717, 1.165) is 0 Å². The molecule has 0 saturated carbocycles. The average molecular weight is 163 g/mol. The molecule has 11 heavy (non-hydrogen) atoms. The van der Waals surface area contributed by atoms with Crippen LogP contribution in [-0.4, -0.2) is 44.7 Å². The van der Waals surface area contributed by atoms with Crippen LogP contribution in [0.25, 0.3) is 0 Å². The Morgan fingerprint density at radius 2 is 1.73 bits per heavy atom. The van der Waals surface area contributed by atoms with Crippen LogP contribution in [0.5, 0.6) is 0 Å². The highest BCUT2D eigenvalue weighted by Gasteiger charge is 2.25. The predicted octanol–water partition coefficient (Wildman–Crippen LogP) is -0.641. The molecule has 0 aliphatic heterocycles. The van der Waals surface area contributed by atoms with Crippen LogP contribution < -0.4 is 5.73 Å². The molecule has 0 radical (unpaired) electrons. The maximum Gasteiger partial charge on any atom is 0.112 e. The first-order valence-electron chi connectivity index (χ1n) is 3.59. The molecule has 0 saturated heterocycles. The maximum absolute atomic E-state index is 9.68.